The summed E-state index contributed by atoms with van der Waals surface area (Å²) in [5.74, 6) is -0.206. The Morgan fingerprint density at radius 2 is 2.00 bits per heavy atom. The van der Waals surface area contributed by atoms with Crippen molar-refractivity contribution in [3.8, 4) is 0 Å². The maximum Gasteiger partial charge on any atom is 0.406 e. The number of urea groups is 1. The second-order valence-corrected chi connectivity index (χ2v) is 4.60. The topological polar surface area (TPSA) is 58.6 Å². The second-order valence-electron chi connectivity index (χ2n) is 4.60. The summed E-state index contributed by atoms with van der Waals surface area (Å²) in [7, 11) is 1.33. The minimum atomic E-state index is -4.51. The van der Waals surface area contributed by atoms with Crippen molar-refractivity contribution in [2.24, 2.45) is 0 Å². The van der Waals surface area contributed by atoms with Gasteiger partial charge in [-0.2, -0.15) is 13.2 Å². The number of hydrogen-bond donors (Lipinski definition) is 1. The van der Waals surface area contributed by atoms with E-state index < -0.39 is 18.8 Å². The van der Waals surface area contributed by atoms with Crippen LogP contribution in [-0.2, 0) is 4.74 Å². The van der Waals surface area contributed by atoms with Gasteiger partial charge in [0.2, 0.25) is 0 Å². The van der Waals surface area contributed by atoms with E-state index in [1.807, 2.05) is 0 Å². The van der Waals surface area contributed by atoms with E-state index in [0.717, 1.165) is 0 Å². The zero-order chi connectivity index (χ0) is 16.8. The molecule has 0 bridgehead atoms. The molecular formula is C14H17F3N2O3. The molecule has 122 valence electrons. The van der Waals surface area contributed by atoms with Gasteiger partial charge < -0.3 is 15.0 Å². The van der Waals surface area contributed by atoms with E-state index in [-0.39, 0.29) is 24.6 Å². The van der Waals surface area contributed by atoms with Crippen LogP contribution in [0.15, 0.2) is 24.3 Å². The molecule has 0 atom stereocenters. The molecule has 0 spiro atoms. The molecule has 0 saturated carbocycles. The van der Waals surface area contributed by atoms with Gasteiger partial charge in [0.15, 0.2) is 5.78 Å². The number of amides is 2. The number of ether oxygens (including phenoxy) is 1. The Bertz CT molecular complexity index is 532. The first-order valence-electron chi connectivity index (χ1n) is 6.45. The fraction of sp³-hybridized carbons (Fsp3) is 0.429. The molecule has 0 aromatic heterocycles. The van der Waals surface area contributed by atoms with Crippen LogP contribution in [0.3, 0.4) is 0 Å². The van der Waals surface area contributed by atoms with Crippen molar-refractivity contribution in [3.63, 3.8) is 0 Å². The minimum absolute atomic E-state index is 0.0169. The quantitative estimate of drug-likeness (QED) is 0.821. The van der Waals surface area contributed by atoms with Crippen molar-refractivity contribution >= 4 is 17.5 Å². The number of methoxy groups -OCH3 is 1. The molecule has 1 aromatic rings. The highest BCUT2D eigenvalue weighted by atomic mass is 19.4. The number of carbonyl (C=O) groups is 2. The average molecular weight is 318 g/mol. The van der Waals surface area contributed by atoms with Gasteiger partial charge in [0.25, 0.3) is 0 Å². The van der Waals surface area contributed by atoms with E-state index in [0.29, 0.717) is 10.5 Å². The summed E-state index contributed by atoms with van der Waals surface area (Å²) in [6, 6.07) is 5.08. The zero-order valence-corrected chi connectivity index (χ0v) is 12.2. The van der Waals surface area contributed by atoms with Crippen LogP contribution in [0.5, 0.6) is 0 Å². The highest BCUT2D eigenvalue weighted by Gasteiger charge is 2.32. The molecule has 0 saturated heterocycles. The highest BCUT2D eigenvalue weighted by molar-refractivity contribution is 5.96. The van der Waals surface area contributed by atoms with Crippen LogP contribution in [0, 0.1) is 0 Å². The first-order chi connectivity index (χ1) is 10.2. The number of Topliss-reactive ketones (excluding diaryl/α,β-unsaturated/α-hetero) is 1. The van der Waals surface area contributed by atoms with Gasteiger partial charge in [-0.05, 0) is 19.1 Å². The van der Waals surface area contributed by atoms with Gasteiger partial charge in [-0.3, -0.25) is 4.79 Å². The summed E-state index contributed by atoms with van der Waals surface area (Å²) in [4.78, 5) is 23.8. The molecule has 0 heterocycles. The number of ketones is 1. The lowest BCUT2D eigenvalue weighted by molar-refractivity contribution is -0.140. The molecule has 0 aliphatic rings. The van der Waals surface area contributed by atoms with E-state index in [4.69, 9.17) is 4.74 Å². The predicted molar refractivity (Wildman–Crippen MR) is 75.0 cm³/mol. The van der Waals surface area contributed by atoms with Crippen molar-refractivity contribution in [1.29, 1.82) is 0 Å². The van der Waals surface area contributed by atoms with Gasteiger partial charge in [0, 0.05) is 24.9 Å². The van der Waals surface area contributed by atoms with Gasteiger partial charge in [-0.25, -0.2) is 4.79 Å². The van der Waals surface area contributed by atoms with E-state index >= 15 is 0 Å². The first-order valence-corrected chi connectivity index (χ1v) is 6.45. The molecule has 0 fully saturated rings. The summed E-state index contributed by atoms with van der Waals surface area (Å²) >= 11 is 0. The van der Waals surface area contributed by atoms with E-state index in [1.165, 1.54) is 32.2 Å². The Morgan fingerprint density at radius 3 is 2.55 bits per heavy atom. The minimum Gasteiger partial charge on any atom is -0.383 e. The van der Waals surface area contributed by atoms with Crippen molar-refractivity contribution in [2.45, 2.75) is 13.1 Å². The molecule has 0 aliphatic carbocycles. The number of carbonyl (C=O) groups excluding carboxylic acids is 2. The van der Waals surface area contributed by atoms with Crippen molar-refractivity contribution in [2.75, 3.05) is 32.1 Å². The Balaban J connectivity index is 2.81. The molecule has 22 heavy (non-hydrogen) atoms. The van der Waals surface area contributed by atoms with Crippen LogP contribution in [0.4, 0.5) is 23.7 Å². The van der Waals surface area contributed by atoms with Crippen LogP contribution < -0.4 is 5.32 Å². The van der Waals surface area contributed by atoms with E-state index in [2.05, 4.69) is 5.32 Å². The van der Waals surface area contributed by atoms with E-state index in [9.17, 15) is 22.8 Å². The smallest absolute Gasteiger partial charge is 0.383 e. The first kappa shape index (κ1) is 18.0. The van der Waals surface area contributed by atoms with E-state index in [1.54, 1.807) is 6.07 Å². The lowest BCUT2D eigenvalue weighted by atomic mass is 10.1. The van der Waals surface area contributed by atoms with Gasteiger partial charge in [0.1, 0.15) is 6.54 Å². The van der Waals surface area contributed by atoms with Crippen LogP contribution in [0.25, 0.3) is 0 Å². The molecular weight excluding hydrogens is 301 g/mol. The molecule has 5 nitrogen and oxygen atoms in total. The number of nitrogens with zero attached hydrogens (tertiary/aromatic N) is 1. The molecule has 1 rings (SSSR count). The maximum atomic E-state index is 12.5. The highest BCUT2D eigenvalue weighted by Crippen LogP contribution is 2.18. The number of nitrogens with one attached hydrogen (secondary N) is 1. The third-order valence-corrected chi connectivity index (χ3v) is 2.74. The van der Waals surface area contributed by atoms with Crippen LogP contribution in [0.1, 0.15) is 17.3 Å². The zero-order valence-electron chi connectivity index (χ0n) is 12.2. The number of benzene rings is 1. The SMILES string of the molecule is COCCN(CC(F)(F)F)C(=O)Nc1cccc(C(C)=O)c1. The van der Waals surface area contributed by atoms with Crippen LogP contribution >= 0.6 is 0 Å². The lowest BCUT2D eigenvalue weighted by Gasteiger charge is -2.24. The molecule has 0 aliphatic heterocycles. The third kappa shape index (κ3) is 6.13. The maximum absolute atomic E-state index is 12.5. The van der Waals surface area contributed by atoms with Crippen molar-refractivity contribution in [3.05, 3.63) is 29.8 Å². The molecule has 0 radical (unpaired) electrons. The molecule has 1 aromatic carbocycles. The van der Waals surface area contributed by atoms with Gasteiger partial charge in [0.05, 0.1) is 6.61 Å². The summed E-state index contributed by atoms with van der Waals surface area (Å²) < 4.78 is 42.2. The Hall–Kier alpha value is -2.09. The Labute approximate surface area is 126 Å². The molecule has 1 N–H and O–H groups in total. The monoisotopic (exact) mass is 318 g/mol. The number of hydrogen-bond acceptors (Lipinski definition) is 3. The fourth-order valence-corrected chi connectivity index (χ4v) is 1.69. The van der Waals surface area contributed by atoms with Crippen molar-refractivity contribution < 1.29 is 27.5 Å². The predicted octanol–water partition coefficient (Wildman–Crippen LogP) is 2.93. The largest absolute Gasteiger partial charge is 0.406 e. The summed E-state index contributed by atoms with van der Waals surface area (Å²) in [5, 5.41) is 2.35. The van der Waals surface area contributed by atoms with Gasteiger partial charge in [-0.15, -0.1) is 0 Å². The van der Waals surface area contributed by atoms with Gasteiger partial charge in [-0.1, -0.05) is 12.1 Å². The van der Waals surface area contributed by atoms with Crippen LogP contribution in [-0.4, -0.2) is 49.7 Å². The normalized spacial score (nSPS) is 11.1. The standard InChI is InChI=1S/C14H17F3N2O3/c1-10(20)11-4-3-5-12(8-11)18-13(21)19(6-7-22-2)9-14(15,16)17/h3-5,8H,6-7,9H2,1-2H3,(H,18,21). The second kappa shape index (κ2) is 7.79. The number of alkyl halides is 3. The summed E-state index contributed by atoms with van der Waals surface area (Å²) in [6.45, 7) is -0.241. The fourth-order valence-electron chi connectivity index (χ4n) is 1.69. The summed E-state index contributed by atoms with van der Waals surface area (Å²) in [6.07, 6.45) is -4.51. The third-order valence-electron chi connectivity index (χ3n) is 2.74. The lowest BCUT2D eigenvalue weighted by Crippen LogP contribution is -2.43. The van der Waals surface area contributed by atoms with Gasteiger partial charge >= 0.3 is 12.2 Å². The number of rotatable bonds is 6. The summed E-state index contributed by atoms with van der Waals surface area (Å²) in [5.41, 5.74) is 0.611. The average Bonchev–Trinajstić information content (AvgIpc) is 2.42. The number of halogens is 3. The van der Waals surface area contributed by atoms with Crippen LogP contribution in [0.2, 0.25) is 0 Å². The Kier molecular flexibility index (Phi) is 6.36. The Morgan fingerprint density at radius 1 is 1.32 bits per heavy atom. The molecule has 8 heteroatoms. The molecule has 2 amide bonds. The molecule has 0 unspecified atom stereocenters. The van der Waals surface area contributed by atoms with Crippen molar-refractivity contribution in [1.82, 2.24) is 4.90 Å². The number of anilines is 1.